The van der Waals surface area contributed by atoms with E-state index >= 15 is 0 Å². The Morgan fingerprint density at radius 3 is 3.04 bits per heavy atom. The lowest BCUT2D eigenvalue weighted by molar-refractivity contribution is 0.102. The predicted octanol–water partition coefficient (Wildman–Crippen LogP) is 3.46. The molecule has 4 aromatic heterocycles. The molecule has 0 unspecified atom stereocenters. The molecule has 0 saturated heterocycles. The fourth-order valence-corrected chi connectivity index (χ4v) is 3.09. The molecule has 0 aliphatic heterocycles. The van der Waals surface area contributed by atoms with Crippen molar-refractivity contribution in [3.63, 3.8) is 0 Å². The lowest BCUT2D eigenvalue weighted by Gasteiger charge is -1.95. The van der Waals surface area contributed by atoms with Crippen molar-refractivity contribution in [3.8, 4) is 10.6 Å². The molecule has 0 bridgehead atoms. The van der Waals surface area contributed by atoms with Gasteiger partial charge in [-0.3, -0.25) is 10.1 Å². The maximum atomic E-state index is 12.3. The van der Waals surface area contributed by atoms with Crippen LogP contribution in [0.5, 0.6) is 0 Å². The van der Waals surface area contributed by atoms with E-state index in [1.54, 1.807) is 40.8 Å². The first-order valence-electron chi connectivity index (χ1n) is 6.50. The fraction of sp³-hybridized carbons (Fsp3) is 0. The molecule has 0 aromatic carbocycles. The number of carbonyl (C=O) groups excluding carboxylic acids is 1. The van der Waals surface area contributed by atoms with Crippen LogP contribution >= 0.6 is 27.3 Å². The van der Waals surface area contributed by atoms with E-state index in [0.29, 0.717) is 11.3 Å². The first-order valence-corrected chi connectivity index (χ1v) is 8.18. The Kier molecular flexibility index (Phi) is 3.43. The molecule has 4 rings (SSSR count). The van der Waals surface area contributed by atoms with E-state index in [4.69, 9.17) is 4.42 Å². The summed E-state index contributed by atoms with van der Waals surface area (Å²) in [5, 5.41) is 9.25. The minimum absolute atomic E-state index is 0.228. The molecule has 0 radical (unpaired) electrons. The molecule has 4 heterocycles. The number of amides is 1. The van der Waals surface area contributed by atoms with Gasteiger partial charge in [0.2, 0.25) is 5.95 Å². The molecule has 0 aliphatic carbocycles. The molecule has 0 atom stereocenters. The molecule has 0 spiro atoms. The van der Waals surface area contributed by atoms with Gasteiger partial charge in [0.25, 0.3) is 5.91 Å². The van der Waals surface area contributed by atoms with E-state index in [1.807, 2.05) is 6.07 Å². The van der Waals surface area contributed by atoms with Crippen LogP contribution in [-0.2, 0) is 0 Å². The Hall–Kier alpha value is -2.52. The molecular formula is C14H8BrN5O2S. The minimum atomic E-state index is -0.356. The average Bonchev–Trinajstić information content (AvgIpc) is 3.26. The summed E-state index contributed by atoms with van der Waals surface area (Å²) in [7, 11) is 0. The van der Waals surface area contributed by atoms with Crippen molar-refractivity contribution in [3.05, 3.63) is 52.5 Å². The van der Waals surface area contributed by atoms with Crippen molar-refractivity contribution in [1.82, 2.24) is 19.6 Å². The highest BCUT2D eigenvalue weighted by Gasteiger charge is 2.15. The number of halogens is 1. The number of furan rings is 1. The van der Waals surface area contributed by atoms with Gasteiger partial charge in [-0.25, -0.2) is 9.50 Å². The second-order valence-corrected chi connectivity index (χ2v) is 6.36. The van der Waals surface area contributed by atoms with Gasteiger partial charge in [0.1, 0.15) is 17.0 Å². The number of nitrogens with one attached hydrogen (secondary N) is 1. The van der Waals surface area contributed by atoms with Crippen LogP contribution in [0.2, 0.25) is 0 Å². The molecule has 23 heavy (non-hydrogen) atoms. The number of nitrogens with zero attached hydrogens (tertiary/aromatic N) is 4. The number of thiazole rings is 1. The van der Waals surface area contributed by atoms with Crippen molar-refractivity contribution in [2.24, 2.45) is 0 Å². The third-order valence-corrected chi connectivity index (χ3v) is 4.39. The average molecular weight is 390 g/mol. The van der Waals surface area contributed by atoms with E-state index in [0.717, 1.165) is 15.0 Å². The lowest BCUT2D eigenvalue weighted by Crippen LogP contribution is -2.13. The van der Waals surface area contributed by atoms with Gasteiger partial charge in [-0.15, -0.1) is 16.4 Å². The highest BCUT2D eigenvalue weighted by Crippen LogP contribution is 2.24. The summed E-state index contributed by atoms with van der Waals surface area (Å²) < 4.78 is 7.47. The number of aromatic nitrogens is 4. The van der Waals surface area contributed by atoms with Crippen molar-refractivity contribution < 1.29 is 9.21 Å². The van der Waals surface area contributed by atoms with Gasteiger partial charge in [-0.2, -0.15) is 4.98 Å². The Bertz CT molecular complexity index is 992. The smallest absolute Gasteiger partial charge is 0.277 e. The van der Waals surface area contributed by atoms with Crippen molar-refractivity contribution in [1.29, 1.82) is 0 Å². The number of anilines is 1. The lowest BCUT2D eigenvalue weighted by atomic mass is 10.3. The van der Waals surface area contributed by atoms with Crippen molar-refractivity contribution in [2.45, 2.75) is 0 Å². The van der Waals surface area contributed by atoms with Gasteiger partial charge in [-0.05, 0) is 34.1 Å². The van der Waals surface area contributed by atoms with Crippen molar-refractivity contribution in [2.75, 3.05) is 5.32 Å². The number of hydrogen-bond donors (Lipinski definition) is 1. The van der Waals surface area contributed by atoms with E-state index in [1.165, 1.54) is 11.3 Å². The Labute approximate surface area is 142 Å². The van der Waals surface area contributed by atoms with Crippen LogP contribution in [0, 0.1) is 0 Å². The largest absolute Gasteiger partial charge is 0.472 e. The molecule has 1 amide bonds. The molecule has 0 saturated carbocycles. The Balaban J connectivity index is 1.57. The topological polar surface area (TPSA) is 85.3 Å². The predicted molar refractivity (Wildman–Crippen MR) is 88.5 cm³/mol. The zero-order valence-corrected chi connectivity index (χ0v) is 13.8. The van der Waals surface area contributed by atoms with E-state index in [9.17, 15) is 4.79 Å². The number of carbonyl (C=O) groups is 1. The van der Waals surface area contributed by atoms with Crippen molar-refractivity contribution >= 4 is 44.8 Å². The molecule has 0 aliphatic rings. The Morgan fingerprint density at radius 1 is 1.30 bits per heavy atom. The van der Waals surface area contributed by atoms with E-state index in [-0.39, 0.29) is 11.9 Å². The number of pyridine rings is 1. The quantitative estimate of drug-likeness (QED) is 0.579. The molecule has 4 aromatic rings. The fourth-order valence-electron chi connectivity index (χ4n) is 1.97. The molecule has 1 N–H and O–H groups in total. The summed E-state index contributed by atoms with van der Waals surface area (Å²) in [5.41, 5.74) is 1.79. The first kappa shape index (κ1) is 14.1. The standard InChI is InChI=1S/C14H8BrN5O2S/c15-9-1-2-11-17-14(19-20(11)5-9)18-12(21)10-7-23-13(16-10)8-3-4-22-6-8/h1-7H,(H,18,19,21). The van der Waals surface area contributed by atoms with Crippen LogP contribution in [0.15, 0.2) is 51.2 Å². The highest BCUT2D eigenvalue weighted by atomic mass is 79.9. The maximum absolute atomic E-state index is 12.3. The van der Waals surface area contributed by atoms with Gasteiger partial charge >= 0.3 is 0 Å². The zero-order chi connectivity index (χ0) is 15.8. The molecule has 9 heteroatoms. The minimum Gasteiger partial charge on any atom is -0.472 e. The van der Waals surface area contributed by atoms with Crippen LogP contribution in [0.4, 0.5) is 5.95 Å². The van der Waals surface area contributed by atoms with Crippen LogP contribution in [0.3, 0.4) is 0 Å². The second kappa shape index (κ2) is 5.60. The molecular weight excluding hydrogens is 382 g/mol. The van der Waals surface area contributed by atoms with Gasteiger partial charge in [0.05, 0.1) is 6.26 Å². The summed E-state index contributed by atoms with van der Waals surface area (Å²) in [6, 6.07) is 5.45. The van der Waals surface area contributed by atoms with E-state index < -0.39 is 0 Å². The number of fused-ring (bicyclic) bond motifs is 1. The normalized spacial score (nSPS) is 11.0. The zero-order valence-electron chi connectivity index (χ0n) is 11.4. The monoisotopic (exact) mass is 389 g/mol. The second-order valence-electron chi connectivity index (χ2n) is 4.59. The molecule has 0 fully saturated rings. The van der Waals surface area contributed by atoms with Gasteiger partial charge in [-0.1, -0.05) is 0 Å². The summed E-state index contributed by atoms with van der Waals surface area (Å²) >= 11 is 4.73. The first-order chi connectivity index (χ1) is 11.2. The summed E-state index contributed by atoms with van der Waals surface area (Å²) in [6.45, 7) is 0. The highest BCUT2D eigenvalue weighted by molar-refractivity contribution is 9.10. The SMILES string of the molecule is O=C(Nc1nc2ccc(Br)cn2n1)c1csc(-c2ccoc2)n1. The van der Waals surface area contributed by atoms with Gasteiger partial charge in [0, 0.05) is 21.6 Å². The number of hydrogen-bond acceptors (Lipinski definition) is 6. The van der Waals surface area contributed by atoms with Crippen LogP contribution in [0.1, 0.15) is 10.5 Å². The summed E-state index contributed by atoms with van der Waals surface area (Å²) in [4.78, 5) is 20.8. The van der Waals surface area contributed by atoms with Crippen LogP contribution in [0.25, 0.3) is 16.2 Å². The molecule has 7 nitrogen and oxygen atoms in total. The summed E-state index contributed by atoms with van der Waals surface area (Å²) in [6.07, 6.45) is 4.91. The van der Waals surface area contributed by atoms with E-state index in [2.05, 4.69) is 36.3 Å². The third kappa shape index (κ3) is 2.76. The Morgan fingerprint density at radius 2 is 2.22 bits per heavy atom. The summed E-state index contributed by atoms with van der Waals surface area (Å²) in [5.74, 6) is -0.128. The van der Waals surface area contributed by atoms with Crippen LogP contribution < -0.4 is 5.32 Å². The third-order valence-electron chi connectivity index (χ3n) is 3.03. The maximum Gasteiger partial charge on any atom is 0.277 e. The van der Waals surface area contributed by atoms with Crippen LogP contribution in [-0.4, -0.2) is 25.5 Å². The molecule has 114 valence electrons. The number of rotatable bonds is 3. The van der Waals surface area contributed by atoms with Gasteiger partial charge < -0.3 is 4.42 Å². The van der Waals surface area contributed by atoms with Gasteiger partial charge in [0.15, 0.2) is 5.65 Å².